The summed E-state index contributed by atoms with van der Waals surface area (Å²) in [5.41, 5.74) is 1.05. The Morgan fingerprint density at radius 1 is 1.28 bits per heavy atom. The third kappa shape index (κ3) is 2.82. The Bertz CT molecular complexity index is 382. The van der Waals surface area contributed by atoms with Crippen molar-refractivity contribution >= 4 is 5.69 Å². The van der Waals surface area contributed by atoms with Crippen molar-refractivity contribution in [3.05, 3.63) is 30.1 Å². The van der Waals surface area contributed by atoms with Gasteiger partial charge in [0.1, 0.15) is 5.82 Å². The van der Waals surface area contributed by atoms with Crippen molar-refractivity contribution in [1.82, 2.24) is 4.90 Å². The van der Waals surface area contributed by atoms with Crippen LogP contribution in [0, 0.1) is 5.82 Å². The minimum absolute atomic E-state index is 0.201. The number of hydrogen-bond donors (Lipinski definition) is 1. The van der Waals surface area contributed by atoms with Crippen molar-refractivity contribution in [2.75, 3.05) is 31.6 Å². The Morgan fingerprint density at radius 3 is 2.56 bits per heavy atom. The van der Waals surface area contributed by atoms with Gasteiger partial charge in [-0.05, 0) is 44.7 Å². The van der Waals surface area contributed by atoms with Gasteiger partial charge in [0.25, 0.3) is 0 Å². The van der Waals surface area contributed by atoms with Crippen LogP contribution < -0.4 is 4.90 Å². The van der Waals surface area contributed by atoms with E-state index in [4.69, 9.17) is 5.11 Å². The molecule has 18 heavy (non-hydrogen) atoms. The van der Waals surface area contributed by atoms with Crippen molar-refractivity contribution in [3.63, 3.8) is 0 Å². The number of aliphatic hydroxyl groups is 1. The maximum absolute atomic E-state index is 12.9. The summed E-state index contributed by atoms with van der Waals surface area (Å²) >= 11 is 0. The molecule has 0 aromatic heterocycles. The number of rotatable bonds is 3. The van der Waals surface area contributed by atoms with E-state index in [1.807, 2.05) is 12.1 Å². The molecule has 0 spiro atoms. The van der Waals surface area contributed by atoms with Gasteiger partial charge in [0.15, 0.2) is 0 Å². The van der Waals surface area contributed by atoms with Gasteiger partial charge in [-0.15, -0.1) is 0 Å². The number of piperazine rings is 1. The van der Waals surface area contributed by atoms with Gasteiger partial charge in [-0.1, -0.05) is 0 Å². The molecule has 2 rings (SSSR count). The van der Waals surface area contributed by atoms with E-state index in [0.29, 0.717) is 12.1 Å². The Balaban J connectivity index is 2.12. The highest BCUT2D eigenvalue weighted by Crippen LogP contribution is 2.22. The van der Waals surface area contributed by atoms with Gasteiger partial charge < -0.3 is 10.0 Å². The van der Waals surface area contributed by atoms with Gasteiger partial charge in [0.05, 0.1) is 0 Å². The minimum Gasteiger partial charge on any atom is -0.396 e. The zero-order valence-corrected chi connectivity index (χ0v) is 11.0. The second kappa shape index (κ2) is 5.67. The molecule has 0 aliphatic carbocycles. The number of anilines is 1. The van der Waals surface area contributed by atoms with E-state index in [2.05, 4.69) is 23.8 Å². The van der Waals surface area contributed by atoms with Gasteiger partial charge >= 0.3 is 0 Å². The molecule has 0 amide bonds. The zero-order chi connectivity index (χ0) is 13.1. The van der Waals surface area contributed by atoms with Crippen molar-refractivity contribution in [2.45, 2.75) is 25.4 Å². The van der Waals surface area contributed by atoms with E-state index in [-0.39, 0.29) is 12.4 Å². The number of nitrogens with zero attached hydrogens (tertiary/aromatic N) is 2. The summed E-state index contributed by atoms with van der Waals surface area (Å²) in [5, 5.41) is 9.12. The zero-order valence-electron chi connectivity index (χ0n) is 11.0. The van der Waals surface area contributed by atoms with Crippen molar-refractivity contribution in [2.24, 2.45) is 0 Å². The summed E-state index contributed by atoms with van der Waals surface area (Å²) in [5.74, 6) is -0.201. The molecule has 2 atom stereocenters. The first-order chi connectivity index (χ1) is 8.61. The minimum atomic E-state index is -0.201. The van der Waals surface area contributed by atoms with Gasteiger partial charge in [0, 0.05) is 37.5 Å². The number of likely N-dealkylation sites (N-methyl/N-ethyl adjacent to an activating group) is 1. The van der Waals surface area contributed by atoms with Crippen molar-refractivity contribution < 1.29 is 9.50 Å². The smallest absolute Gasteiger partial charge is 0.123 e. The average molecular weight is 252 g/mol. The molecule has 0 bridgehead atoms. The van der Waals surface area contributed by atoms with Crippen LogP contribution in [-0.2, 0) is 0 Å². The second-order valence-electron chi connectivity index (χ2n) is 5.06. The van der Waals surface area contributed by atoms with Gasteiger partial charge in [-0.2, -0.15) is 0 Å². The first kappa shape index (κ1) is 13.3. The molecular weight excluding hydrogens is 231 g/mol. The van der Waals surface area contributed by atoms with Crippen LogP contribution in [0.25, 0.3) is 0 Å². The third-order valence-corrected chi connectivity index (χ3v) is 3.84. The molecule has 1 aliphatic heterocycles. The quantitative estimate of drug-likeness (QED) is 0.887. The molecule has 0 radical (unpaired) electrons. The van der Waals surface area contributed by atoms with E-state index in [0.717, 1.165) is 25.2 Å². The molecule has 4 heteroatoms. The van der Waals surface area contributed by atoms with E-state index >= 15 is 0 Å². The average Bonchev–Trinajstić information content (AvgIpc) is 2.36. The van der Waals surface area contributed by atoms with Crippen LogP contribution in [-0.4, -0.2) is 48.8 Å². The van der Waals surface area contributed by atoms with Crippen LogP contribution in [0.5, 0.6) is 0 Å². The SMILES string of the molecule is CC1CN(c2ccc(F)cc2)CC(CCO)N1C. The van der Waals surface area contributed by atoms with Crippen LogP contribution in [0.2, 0.25) is 0 Å². The molecule has 3 nitrogen and oxygen atoms in total. The predicted molar refractivity (Wildman–Crippen MR) is 71.3 cm³/mol. The summed E-state index contributed by atoms with van der Waals surface area (Å²) < 4.78 is 12.9. The van der Waals surface area contributed by atoms with Gasteiger partial charge in [0.2, 0.25) is 0 Å². The number of hydrogen-bond acceptors (Lipinski definition) is 3. The molecule has 1 aromatic rings. The fourth-order valence-electron chi connectivity index (χ4n) is 2.57. The largest absolute Gasteiger partial charge is 0.396 e. The van der Waals surface area contributed by atoms with E-state index in [9.17, 15) is 4.39 Å². The summed E-state index contributed by atoms with van der Waals surface area (Å²) in [7, 11) is 2.10. The van der Waals surface area contributed by atoms with Crippen LogP contribution >= 0.6 is 0 Å². The highest BCUT2D eigenvalue weighted by Gasteiger charge is 2.28. The topological polar surface area (TPSA) is 26.7 Å². The highest BCUT2D eigenvalue weighted by molar-refractivity contribution is 5.47. The Kier molecular flexibility index (Phi) is 4.19. The van der Waals surface area contributed by atoms with Crippen molar-refractivity contribution in [3.8, 4) is 0 Å². The molecule has 1 saturated heterocycles. The number of aliphatic hydroxyl groups excluding tert-OH is 1. The lowest BCUT2D eigenvalue weighted by molar-refractivity contribution is 0.128. The lowest BCUT2D eigenvalue weighted by atomic mass is 10.0. The lowest BCUT2D eigenvalue weighted by Gasteiger charge is -2.44. The standard InChI is InChI=1S/C14H21FN2O/c1-11-9-17(10-14(7-8-18)16(11)2)13-5-3-12(15)4-6-13/h3-6,11,14,18H,7-10H2,1-2H3. The number of halogens is 1. The van der Waals surface area contributed by atoms with Crippen LogP contribution in [0.15, 0.2) is 24.3 Å². The van der Waals surface area contributed by atoms with Gasteiger partial charge in [-0.3, -0.25) is 4.90 Å². The maximum atomic E-state index is 12.9. The molecule has 2 unspecified atom stereocenters. The number of benzene rings is 1. The monoisotopic (exact) mass is 252 g/mol. The lowest BCUT2D eigenvalue weighted by Crippen LogP contribution is -2.56. The highest BCUT2D eigenvalue weighted by atomic mass is 19.1. The molecule has 1 fully saturated rings. The van der Waals surface area contributed by atoms with Crippen LogP contribution in [0.3, 0.4) is 0 Å². The van der Waals surface area contributed by atoms with E-state index < -0.39 is 0 Å². The van der Waals surface area contributed by atoms with Crippen molar-refractivity contribution in [1.29, 1.82) is 0 Å². The fraction of sp³-hybridized carbons (Fsp3) is 0.571. The third-order valence-electron chi connectivity index (χ3n) is 3.84. The summed E-state index contributed by atoms with van der Waals surface area (Å²) in [6.45, 7) is 4.20. The van der Waals surface area contributed by atoms with Gasteiger partial charge in [-0.25, -0.2) is 4.39 Å². The Hall–Kier alpha value is -1.13. The Labute approximate surface area is 108 Å². The molecule has 1 heterocycles. The molecule has 1 N–H and O–H groups in total. The molecule has 1 aliphatic rings. The maximum Gasteiger partial charge on any atom is 0.123 e. The normalized spacial score (nSPS) is 25.4. The summed E-state index contributed by atoms with van der Waals surface area (Å²) in [6.07, 6.45) is 0.776. The predicted octanol–water partition coefficient (Wildman–Crippen LogP) is 1.72. The second-order valence-corrected chi connectivity index (χ2v) is 5.06. The van der Waals surface area contributed by atoms with Crippen LogP contribution in [0.1, 0.15) is 13.3 Å². The first-order valence-corrected chi connectivity index (χ1v) is 6.45. The molecular formula is C14H21FN2O. The van der Waals surface area contributed by atoms with Crippen LogP contribution in [0.4, 0.5) is 10.1 Å². The summed E-state index contributed by atoms with van der Waals surface area (Å²) in [4.78, 5) is 4.58. The molecule has 100 valence electrons. The first-order valence-electron chi connectivity index (χ1n) is 6.45. The van der Waals surface area contributed by atoms with E-state index in [1.165, 1.54) is 12.1 Å². The molecule has 1 aromatic carbocycles. The molecule has 0 saturated carbocycles. The van der Waals surface area contributed by atoms with E-state index in [1.54, 1.807) is 0 Å². The fourth-order valence-corrected chi connectivity index (χ4v) is 2.57. The summed E-state index contributed by atoms with van der Waals surface area (Å²) in [6, 6.07) is 7.43. The Morgan fingerprint density at radius 2 is 1.94 bits per heavy atom.